The summed E-state index contributed by atoms with van der Waals surface area (Å²) in [7, 11) is 0. The van der Waals surface area contributed by atoms with Crippen molar-refractivity contribution < 1.29 is 0 Å². The second-order valence-electron chi connectivity index (χ2n) is 3.28. The number of hydrazone groups is 1. The molecular formula is C7H13N3. The molecule has 0 aromatic rings. The third-order valence-electron chi connectivity index (χ3n) is 2.49. The summed E-state index contributed by atoms with van der Waals surface area (Å²) in [6.45, 7) is 3.39. The summed E-state index contributed by atoms with van der Waals surface area (Å²) < 4.78 is 0. The summed E-state index contributed by atoms with van der Waals surface area (Å²) in [5.74, 6) is 0. The summed E-state index contributed by atoms with van der Waals surface area (Å²) in [5.41, 5.74) is 3.55. The summed E-state index contributed by atoms with van der Waals surface area (Å²) in [6.07, 6.45) is 4.44. The first kappa shape index (κ1) is 6.16. The van der Waals surface area contributed by atoms with Gasteiger partial charge in [-0.25, -0.2) is 0 Å². The lowest BCUT2D eigenvalue weighted by molar-refractivity contribution is 0.308. The van der Waals surface area contributed by atoms with Gasteiger partial charge in [-0.2, -0.15) is 5.10 Å². The van der Waals surface area contributed by atoms with Crippen molar-refractivity contribution in [2.24, 2.45) is 10.5 Å². The zero-order chi connectivity index (χ0) is 6.86. The zero-order valence-electron chi connectivity index (χ0n) is 6.06. The van der Waals surface area contributed by atoms with Crippen LogP contribution in [-0.4, -0.2) is 25.8 Å². The Kier molecular flexibility index (Phi) is 1.38. The molecule has 1 saturated heterocycles. The molecule has 56 valence electrons. The van der Waals surface area contributed by atoms with E-state index in [0.717, 1.165) is 19.5 Å². The molecular weight excluding hydrogens is 126 g/mol. The Labute approximate surface area is 60.9 Å². The fourth-order valence-corrected chi connectivity index (χ4v) is 1.71. The fraction of sp³-hybridized carbons (Fsp3) is 0.857. The van der Waals surface area contributed by atoms with Gasteiger partial charge in [0, 0.05) is 24.7 Å². The van der Waals surface area contributed by atoms with Crippen LogP contribution in [-0.2, 0) is 0 Å². The molecule has 3 nitrogen and oxygen atoms in total. The molecule has 2 aliphatic rings. The normalized spacial score (nSPS) is 38.4. The highest BCUT2D eigenvalue weighted by Gasteiger charge is 2.33. The molecule has 0 aliphatic carbocycles. The molecule has 0 saturated carbocycles. The van der Waals surface area contributed by atoms with Gasteiger partial charge in [-0.3, -0.25) is 0 Å². The van der Waals surface area contributed by atoms with E-state index in [9.17, 15) is 0 Å². The lowest BCUT2D eigenvalue weighted by Crippen LogP contribution is -2.37. The zero-order valence-corrected chi connectivity index (χ0v) is 6.06. The Morgan fingerprint density at radius 1 is 1.40 bits per heavy atom. The Balaban J connectivity index is 2.06. The van der Waals surface area contributed by atoms with Gasteiger partial charge in [0.2, 0.25) is 0 Å². The predicted molar refractivity (Wildman–Crippen MR) is 41.0 cm³/mol. The largest absolute Gasteiger partial charge is 0.316 e. The second-order valence-corrected chi connectivity index (χ2v) is 3.28. The van der Waals surface area contributed by atoms with Crippen molar-refractivity contribution in [3.05, 3.63) is 0 Å². The van der Waals surface area contributed by atoms with Gasteiger partial charge in [0.1, 0.15) is 0 Å². The standard InChI is InChI=1S/C7H13N3/c1-3-8-5-7(1)2-4-9-10-6-7/h4,8,10H,1-3,5-6H2. The Morgan fingerprint density at radius 3 is 3.00 bits per heavy atom. The number of hydrogen-bond donors (Lipinski definition) is 2. The maximum Gasteiger partial charge on any atom is 0.0402 e. The number of nitrogens with one attached hydrogen (secondary N) is 2. The van der Waals surface area contributed by atoms with E-state index >= 15 is 0 Å². The highest BCUT2D eigenvalue weighted by molar-refractivity contribution is 5.59. The molecule has 1 unspecified atom stereocenters. The Morgan fingerprint density at radius 2 is 2.40 bits per heavy atom. The first-order valence-corrected chi connectivity index (χ1v) is 3.86. The van der Waals surface area contributed by atoms with Crippen LogP contribution in [0.2, 0.25) is 0 Å². The van der Waals surface area contributed by atoms with Crippen molar-refractivity contribution >= 4 is 6.21 Å². The summed E-state index contributed by atoms with van der Waals surface area (Å²) in [5, 5.41) is 7.37. The van der Waals surface area contributed by atoms with Crippen LogP contribution in [0.25, 0.3) is 0 Å². The molecule has 1 fully saturated rings. The SMILES string of the molecule is C1=NNCC2(C1)CCNC2. The van der Waals surface area contributed by atoms with Crippen LogP contribution >= 0.6 is 0 Å². The van der Waals surface area contributed by atoms with Gasteiger partial charge in [0.25, 0.3) is 0 Å². The molecule has 1 atom stereocenters. The van der Waals surface area contributed by atoms with E-state index in [1.807, 2.05) is 6.21 Å². The van der Waals surface area contributed by atoms with E-state index in [4.69, 9.17) is 0 Å². The van der Waals surface area contributed by atoms with Crippen molar-refractivity contribution in [2.75, 3.05) is 19.6 Å². The minimum Gasteiger partial charge on any atom is -0.316 e. The third kappa shape index (κ3) is 0.904. The molecule has 0 radical (unpaired) electrons. The van der Waals surface area contributed by atoms with Crippen LogP contribution in [0.4, 0.5) is 0 Å². The van der Waals surface area contributed by atoms with E-state index in [1.165, 1.54) is 13.0 Å². The van der Waals surface area contributed by atoms with Gasteiger partial charge in [0.05, 0.1) is 0 Å². The summed E-state index contributed by atoms with van der Waals surface area (Å²) >= 11 is 0. The first-order valence-electron chi connectivity index (χ1n) is 3.86. The van der Waals surface area contributed by atoms with Gasteiger partial charge in [-0.1, -0.05) is 0 Å². The molecule has 0 amide bonds. The number of rotatable bonds is 0. The maximum absolute atomic E-state index is 3.99. The molecule has 2 rings (SSSR count). The summed E-state index contributed by atoms with van der Waals surface area (Å²) in [6, 6.07) is 0. The Hall–Kier alpha value is -0.570. The molecule has 0 aromatic carbocycles. The van der Waals surface area contributed by atoms with Crippen LogP contribution in [0.5, 0.6) is 0 Å². The molecule has 0 aromatic heterocycles. The predicted octanol–water partition coefficient (Wildman–Crippen LogP) is -0.0548. The average Bonchev–Trinajstić information content (AvgIpc) is 2.39. The third-order valence-corrected chi connectivity index (χ3v) is 2.49. The van der Waals surface area contributed by atoms with Crippen molar-refractivity contribution in [3.63, 3.8) is 0 Å². The average molecular weight is 139 g/mol. The monoisotopic (exact) mass is 139 g/mol. The molecule has 0 bridgehead atoms. The van der Waals surface area contributed by atoms with Crippen molar-refractivity contribution in [1.82, 2.24) is 10.7 Å². The van der Waals surface area contributed by atoms with Gasteiger partial charge in [-0.15, -0.1) is 0 Å². The van der Waals surface area contributed by atoms with E-state index in [-0.39, 0.29) is 0 Å². The van der Waals surface area contributed by atoms with Crippen LogP contribution in [0, 0.1) is 5.41 Å². The number of nitrogens with zero attached hydrogens (tertiary/aromatic N) is 1. The molecule has 10 heavy (non-hydrogen) atoms. The first-order chi connectivity index (χ1) is 4.91. The van der Waals surface area contributed by atoms with E-state index in [1.54, 1.807) is 0 Å². The van der Waals surface area contributed by atoms with Gasteiger partial charge in [0.15, 0.2) is 0 Å². The molecule has 2 aliphatic heterocycles. The second kappa shape index (κ2) is 2.23. The number of hydrogen-bond acceptors (Lipinski definition) is 3. The van der Waals surface area contributed by atoms with E-state index < -0.39 is 0 Å². The lowest BCUT2D eigenvalue weighted by atomic mass is 9.83. The van der Waals surface area contributed by atoms with Gasteiger partial charge >= 0.3 is 0 Å². The summed E-state index contributed by atoms with van der Waals surface area (Å²) in [4.78, 5) is 0. The van der Waals surface area contributed by atoms with Gasteiger partial charge in [-0.05, 0) is 19.4 Å². The van der Waals surface area contributed by atoms with Crippen LogP contribution in [0.3, 0.4) is 0 Å². The van der Waals surface area contributed by atoms with Crippen LogP contribution < -0.4 is 10.7 Å². The molecule has 2 N–H and O–H groups in total. The molecule has 1 spiro atoms. The quantitative estimate of drug-likeness (QED) is 0.493. The smallest absolute Gasteiger partial charge is 0.0402 e. The van der Waals surface area contributed by atoms with E-state index in [0.29, 0.717) is 5.41 Å². The topological polar surface area (TPSA) is 36.4 Å². The minimum atomic E-state index is 0.502. The minimum absolute atomic E-state index is 0.502. The van der Waals surface area contributed by atoms with Crippen molar-refractivity contribution in [3.8, 4) is 0 Å². The van der Waals surface area contributed by atoms with Crippen molar-refractivity contribution in [2.45, 2.75) is 12.8 Å². The Bertz CT molecular complexity index is 147. The van der Waals surface area contributed by atoms with Gasteiger partial charge < -0.3 is 10.7 Å². The lowest BCUT2D eigenvalue weighted by Gasteiger charge is -2.28. The highest BCUT2D eigenvalue weighted by atomic mass is 15.3. The van der Waals surface area contributed by atoms with Crippen LogP contribution in [0.1, 0.15) is 12.8 Å². The molecule has 3 heteroatoms. The molecule has 2 heterocycles. The highest BCUT2D eigenvalue weighted by Crippen LogP contribution is 2.28. The fourth-order valence-electron chi connectivity index (χ4n) is 1.71. The maximum atomic E-state index is 3.99. The van der Waals surface area contributed by atoms with Crippen LogP contribution in [0.15, 0.2) is 5.10 Å². The van der Waals surface area contributed by atoms with Crippen molar-refractivity contribution in [1.29, 1.82) is 0 Å². The van der Waals surface area contributed by atoms with E-state index in [2.05, 4.69) is 15.8 Å².